The monoisotopic (exact) mass is 382 g/mol. The Labute approximate surface area is 161 Å². The summed E-state index contributed by atoms with van der Waals surface area (Å²) in [6, 6.07) is 10.2. The van der Waals surface area contributed by atoms with Crippen LogP contribution in [0.5, 0.6) is 17.2 Å². The van der Waals surface area contributed by atoms with Crippen molar-refractivity contribution in [2.45, 2.75) is 12.1 Å². The van der Waals surface area contributed by atoms with Crippen LogP contribution in [0, 0.1) is 0 Å². The highest BCUT2D eigenvalue weighted by Crippen LogP contribution is 2.38. The van der Waals surface area contributed by atoms with Crippen LogP contribution in [0.4, 0.5) is 11.4 Å². The van der Waals surface area contributed by atoms with Gasteiger partial charge in [0.05, 0.1) is 32.7 Å². The van der Waals surface area contributed by atoms with Gasteiger partial charge in [0, 0.05) is 12.1 Å². The molecule has 1 fully saturated rings. The smallest absolute Gasteiger partial charge is 0.263 e. The number of benzene rings is 2. The van der Waals surface area contributed by atoms with Gasteiger partial charge in [0.1, 0.15) is 5.75 Å². The number of methoxy groups -OCH3 is 3. The number of imide groups is 1. The van der Waals surface area contributed by atoms with E-state index in [2.05, 4.69) is 10.3 Å². The van der Waals surface area contributed by atoms with Gasteiger partial charge in [-0.2, -0.15) is 5.11 Å². The van der Waals surface area contributed by atoms with Crippen LogP contribution >= 0.6 is 0 Å². The molecule has 0 aliphatic carbocycles. The Morgan fingerprint density at radius 3 is 2.36 bits per heavy atom. The van der Waals surface area contributed by atoms with E-state index < -0.39 is 23.9 Å². The summed E-state index contributed by atoms with van der Waals surface area (Å²) in [5.74, 6) is 0.697. The zero-order chi connectivity index (χ0) is 19.8. The minimum Gasteiger partial charge on any atom is -0.497 e. The molecular weight excluding hydrogens is 364 g/mol. The van der Waals surface area contributed by atoms with E-state index in [4.69, 9.17) is 14.2 Å². The first kappa shape index (κ1) is 17.8. The molecule has 0 spiro atoms. The maximum Gasteiger partial charge on any atom is 0.263 e. The molecule has 2 aromatic carbocycles. The van der Waals surface area contributed by atoms with Crippen molar-refractivity contribution < 1.29 is 23.8 Å². The number of fused-ring (bicyclic) bond motifs is 1. The topological polar surface area (TPSA) is 93.0 Å². The molecule has 1 saturated heterocycles. The lowest BCUT2D eigenvalue weighted by molar-refractivity contribution is -0.121. The molecule has 0 radical (unpaired) electrons. The van der Waals surface area contributed by atoms with Crippen molar-refractivity contribution in [3.05, 3.63) is 42.5 Å². The standard InChI is InChI=1S/C19H18N4O5/c1-26-13-6-4-5-12(9-13)23-17-16(20-21-23)18(24)22(19(17)25)11-7-8-14(27-2)15(10-11)28-3/h4-10,16-17H,1-3H3. The van der Waals surface area contributed by atoms with Gasteiger partial charge in [-0.15, -0.1) is 0 Å². The van der Waals surface area contributed by atoms with Crippen LogP contribution in [-0.2, 0) is 9.59 Å². The summed E-state index contributed by atoms with van der Waals surface area (Å²) in [5, 5.41) is 9.53. The Kier molecular flexibility index (Phi) is 4.34. The quantitative estimate of drug-likeness (QED) is 0.736. The van der Waals surface area contributed by atoms with Gasteiger partial charge >= 0.3 is 0 Å². The highest BCUT2D eigenvalue weighted by molar-refractivity contribution is 6.26. The van der Waals surface area contributed by atoms with Crippen molar-refractivity contribution in [3.63, 3.8) is 0 Å². The summed E-state index contributed by atoms with van der Waals surface area (Å²) in [6.45, 7) is 0. The summed E-state index contributed by atoms with van der Waals surface area (Å²) in [5.41, 5.74) is 1.01. The van der Waals surface area contributed by atoms with Gasteiger partial charge in [-0.1, -0.05) is 11.3 Å². The molecule has 28 heavy (non-hydrogen) atoms. The molecule has 2 amide bonds. The Morgan fingerprint density at radius 2 is 1.64 bits per heavy atom. The van der Waals surface area contributed by atoms with Gasteiger partial charge in [-0.25, -0.2) is 9.91 Å². The third-order valence-corrected chi connectivity index (χ3v) is 4.72. The first-order valence-corrected chi connectivity index (χ1v) is 8.53. The molecule has 2 aliphatic heterocycles. The second-order valence-corrected chi connectivity index (χ2v) is 6.19. The average molecular weight is 382 g/mol. The normalized spacial score (nSPS) is 20.5. The fourth-order valence-electron chi connectivity index (χ4n) is 3.34. The molecule has 2 aliphatic rings. The summed E-state index contributed by atoms with van der Waals surface area (Å²) in [7, 11) is 4.56. The minimum absolute atomic E-state index is 0.392. The number of nitrogens with zero attached hydrogens (tertiary/aromatic N) is 4. The summed E-state index contributed by atoms with van der Waals surface area (Å²) in [4.78, 5) is 27.1. The first-order valence-electron chi connectivity index (χ1n) is 8.53. The molecule has 0 aromatic heterocycles. The van der Waals surface area contributed by atoms with E-state index in [0.717, 1.165) is 4.90 Å². The van der Waals surface area contributed by atoms with Crippen molar-refractivity contribution >= 4 is 23.2 Å². The van der Waals surface area contributed by atoms with E-state index in [1.54, 1.807) is 49.6 Å². The average Bonchev–Trinajstić information content (AvgIpc) is 3.28. The van der Waals surface area contributed by atoms with E-state index in [1.807, 2.05) is 0 Å². The van der Waals surface area contributed by atoms with Crippen molar-refractivity contribution in [3.8, 4) is 17.2 Å². The van der Waals surface area contributed by atoms with Crippen LogP contribution in [0.25, 0.3) is 0 Å². The second kappa shape index (κ2) is 6.84. The molecule has 2 aromatic rings. The Morgan fingerprint density at radius 1 is 0.857 bits per heavy atom. The SMILES string of the molecule is COc1cccc(N2N=NC3C(=O)N(c4ccc(OC)c(OC)c4)C(=O)C32)c1. The summed E-state index contributed by atoms with van der Waals surface area (Å²) >= 11 is 0. The van der Waals surface area contributed by atoms with Crippen molar-refractivity contribution in [2.24, 2.45) is 10.3 Å². The van der Waals surface area contributed by atoms with Gasteiger partial charge in [0.15, 0.2) is 23.6 Å². The number of hydrogen-bond donors (Lipinski definition) is 0. The van der Waals surface area contributed by atoms with Gasteiger partial charge in [-0.3, -0.25) is 9.59 Å². The Balaban J connectivity index is 1.68. The molecule has 0 bridgehead atoms. The number of carbonyl (C=O) groups excluding carboxylic acids is 2. The molecule has 9 heteroatoms. The molecule has 9 nitrogen and oxygen atoms in total. The molecule has 2 atom stereocenters. The van der Waals surface area contributed by atoms with Gasteiger partial charge < -0.3 is 14.2 Å². The molecule has 0 N–H and O–H groups in total. The zero-order valence-electron chi connectivity index (χ0n) is 15.5. The number of rotatable bonds is 5. The number of hydrogen-bond acceptors (Lipinski definition) is 8. The lowest BCUT2D eigenvalue weighted by Crippen LogP contribution is -2.39. The van der Waals surface area contributed by atoms with E-state index in [-0.39, 0.29) is 0 Å². The van der Waals surface area contributed by atoms with E-state index in [0.29, 0.717) is 28.6 Å². The van der Waals surface area contributed by atoms with Crippen molar-refractivity contribution in [1.82, 2.24) is 0 Å². The summed E-state index contributed by atoms with van der Waals surface area (Å²) in [6.07, 6.45) is 0. The van der Waals surface area contributed by atoms with Crippen LogP contribution < -0.4 is 24.1 Å². The fourth-order valence-corrected chi connectivity index (χ4v) is 3.34. The number of amides is 2. The summed E-state index contributed by atoms with van der Waals surface area (Å²) < 4.78 is 15.7. The van der Waals surface area contributed by atoms with Crippen LogP contribution in [0.15, 0.2) is 52.8 Å². The zero-order valence-corrected chi connectivity index (χ0v) is 15.5. The van der Waals surface area contributed by atoms with Gasteiger partial charge in [-0.05, 0) is 24.3 Å². The molecular formula is C19H18N4O5. The highest BCUT2D eigenvalue weighted by Gasteiger charge is 2.55. The second-order valence-electron chi connectivity index (χ2n) is 6.19. The van der Waals surface area contributed by atoms with E-state index in [9.17, 15) is 9.59 Å². The van der Waals surface area contributed by atoms with E-state index >= 15 is 0 Å². The number of ether oxygens (including phenoxy) is 3. The van der Waals surface area contributed by atoms with Crippen molar-refractivity contribution in [1.29, 1.82) is 0 Å². The largest absolute Gasteiger partial charge is 0.497 e. The fraction of sp³-hybridized carbons (Fsp3) is 0.263. The van der Waals surface area contributed by atoms with Crippen LogP contribution in [-0.4, -0.2) is 45.2 Å². The van der Waals surface area contributed by atoms with Crippen molar-refractivity contribution in [2.75, 3.05) is 31.2 Å². The molecule has 2 heterocycles. The third-order valence-electron chi connectivity index (χ3n) is 4.72. The van der Waals surface area contributed by atoms with E-state index in [1.165, 1.54) is 19.2 Å². The van der Waals surface area contributed by atoms with Crippen LogP contribution in [0.1, 0.15) is 0 Å². The Bertz CT molecular complexity index is 977. The molecule has 4 rings (SSSR count). The predicted octanol–water partition coefficient (Wildman–Crippen LogP) is 2.21. The lowest BCUT2D eigenvalue weighted by atomic mass is 10.1. The molecule has 2 unspecified atom stereocenters. The molecule has 144 valence electrons. The van der Waals surface area contributed by atoms with Gasteiger partial charge in [0.2, 0.25) is 0 Å². The van der Waals surface area contributed by atoms with Crippen LogP contribution in [0.3, 0.4) is 0 Å². The number of carbonyl (C=O) groups is 2. The third kappa shape index (κ3) is 2.63. The Hall–Kier alpha value is -3.62. The van der Waals surface area contributed by atoms with Crippen LogP contribution in [0.2, 0.25) is 0 Å². The maximum absolute atomic E-state index is 13.1. The van der Waals surface area contributed by atoms with Gasteiger partial charge in [0.25, 0.3) is 11.8 Å². The number of anilines is 2. The first-order chi connectivity index (χ1) is 13.6. The maximum atomic E-state index is 13.1. The minimum atomic E-state index is -0.896. The molecule has 0 saturated carbocycles. The predicted molar refractivity (Wildman–Crippen MR) is 99.9 cm³/mol. The lowest BCUT2D eigenvalue weighted by Gasteiger charge is -2.21. The highest BCUT2D eigenvalue weighted by atomic mass is 16.5.